The molecule has 0 unspecified atom stereocenters. The maximum Gasteiger partial charge on any atom is 0.244 e. The summed E-state index contributed by atoms with van der Waals surface area (Å²) in [4.78, 5) is -0.0305. The molecule has 0 aliphatic rings. The molecular formula is C15H13FN2O2S. The van der Waals surface area contributed by atoms with Crippen molar-refractivity contribution < 1.29 is 12.8 Å². The minimum atomic E-state index is -3.77. The summed E-state index contributed by atoms with van der Waals surface area (Å²) in [7, 11) is -2.35. The van der Waals surface area contributed by atoms with Gasteiger partial charge in [0.25, 0.3) is 0 Å². The van der Waals surface area contributed by atoms with E-state index in [0.29, 0.717) is 5.56 Å². The zero-order valence-electron chi connectivity index (χ0n) is 11.3. The van der Waals surface area contributed by atoms with Gasteiger partial charge in [-0.05, 0) is 29.8 Å². The van der Waals surface area contributed by atoms with Gasteiger partial charge in [0.15, 0.2) is 0 Å². The summed E-state index contributed by atoms with van der Waals surface area (Å²) >= 11 is 0. The molecule has 0 radical (unpaired) electrons. The van der Waals surface area contributed by atoms with Crippen LogP contribution in [0.3, 0.4) is 0 Å². The van der Waals surface area contributed by atoms with Crippen molar-refractivity contribution in [1.82, 2.24) is 4.31 Å². The van der Waals surface area contributed by atoms with Gasteiger partial charge in [0.2, 0.25) is 10.0 Å². The molecule has 0 atom stereocenters. The Balaban J connectivity index is 2.31. The fraction of sp³-hybridized carbons (Fsp3) is 0.133. The van der Waals surface area contributed by atoms with Crippen molar-refractivity contribution in [3.63, 3.8) is 0 Å². The number of nitriles is 1. The molecule has 108 valence electrons. The largest absolute Gasteiger partial charge is 0.244 e. The molecule has 0 fully saturated rings. The van der Waals surface area contributed by atoms with Crippen molar-refractivity contribution >= 4 is 10.0 Å². The number of hydrogen-bond donors (Lipinski definition) is 0. The van der Waals surface area contributed by atoms with Crippen molar-refractivity contribution in [3.8, 4) is 6.07 Å². The van der Waals surface area contributed by atoms with Crippen LogP contribution in [-0.4, -0.2) is 19.8 Å². The van der Waals surface area contributed by atoms with E-state index in [2.05, 4.69) is 0 Å². The van der Waals surface area contributed by atoms with E-state index in [9.17, 15) is 12.8 Å². The molecule has 2 aromatic carbocycles. The van der Waals surface area contributed by atoms with E-state index in [4.69, 9.17) is 5.26 Å². The number of nitrogens with zero attached hydrogens (tertiary/aromatic N) is 2. The summed E-state index contributed by atoms with van der Waals surface area (Å²) < 4.78 is 39.0. The van der Waals surface area contributed by atoms with E-state index in [1.54, 1.807) is 12.1 Å². The van der Waals surface area contributed by atoms with E-state index >= 15 is 0 Å². The molecule has 6 heteroatoms. The molecule has 0 spiro atoms. The molecule has 0 amide bonds. The molecule has 0 saturated carbocycles. The number of sulfonamides is 1. The van der Waals surface area contributed by atoms with E-state index in [1.807, 2.05) is 6.07 Å². The molecule has 21 heavy (non-hydrogen) atoms. The maximum atomic E-state index is 12.9. The Morgan fingerprint density at radius 1 is 1.14 bits per heavy atom. The minimum Gasteiger partial charge on any atom is -0.207 e. The van der Waals surface area contributed by atoms with Crippen LogP contribution < -0.4 is 0 Å². The summed E-state index contributed by atoms with van der Waals surface area (Å²) in [6.45, 7) is 0.0996. The van der Waals surface area contributed by atoms with Gasteiger partial charge < -0.3 is 0 Å². The Hall–Kier alpha value is -2.23. The fourth-order valence-corrected chi connectivity index (χ4v) is 3.18. The third kappa shape index (κ3) is 3.27. The minimum absolute atomic E-state index is 0.0305. The highest BCUT2D eigenvalue weighted by molar-refractivity contribution is 7.89. The fourth-order valence-electron chi connectivity index (χ4n) is 1.88. The highest BCUT2D eigenvalue weighted by Gasteiger charge is 2.23. The second-order valence-electron chi connectivity index (χ2n) is 4.50. The molecular weight excluding hydrogens is 291 g/mol. The standard InChI is InChI=1S/C15H13FN2O2S/c1-18(11-12-6-8-14(16)9-7-12)21(19,20)15-5-3-2-4-13(15)10-17/h2-9H,11H2,1H3. The molecule has 4 nitrogen and oxygen atoms in total. The third-order valence-corrected chi connectivity index (χ3v) is 4.88. The topological polar surface area (TPSA) is 61.2 Å². The average molecular weight is 304 g/mol. The lowest BCUT2D eigenvalue weighted by Crippen LogP contribution is -2.27. The summed E-state index contributed by atoms with van der Waals surface area (Å²) in [6.07, 6.45) is 0. The highest BCUT2D eigenvalue weighted by atomic mass is 32.2. The summed E-state index contributed by atoms with van der Waals surface area (Å²) in [5.74, 6) is -0.376. The number of rotatable bonds is 4. The molecule has 0 aromatic heterocycles. The molecule has 0 N–H and O–H groups in total. The van der Waals surface area contributed by atoms with Gasteiger partial charge in [-0.1, -0.05) is 24.3 Å². The van der Waals surface area contributed by atoms with Gasteiger partial charge in [0.1, 0.15) is 11.9 Å². The first-order valence-corrected chi connectivity index (χ1v) is 7.59. The van der Waals surface area contributed by atoms with Crippen LogP contribution in [0.2, 0.25) is 0 Å². The summed E-state index contributed by atoms with van der Waals surface area (Å²) in [6, 6.07) is 13.5. The lowest BCUT2D eigenvalue weighted by molar-refractivity contribution is 0.466. The molecule has 0 saturated heterocycles. The van der Waals surface area contributed by atoms with Crippen LogP contribution in [0.4, 0.5) is 4.39 Å². The predicted octanol–water partition coefficient (Wildman–Crippen LogP) is 2.52. The first-order chi connectivity index (χ1) is 9.95. The van der Waals surface area contributed by atoms with E-state index in [-0.39, 0.29) is 22.8 Å². The van der Waals surface area contributed by atoms with Gasteiger partial charge in [-0.3, -0.25) is 0 Å². The smallest absolute Gasteiger partial charge is 0.207 e. The van der Waals surface area contributed by atoms with Gasteiger partial charge >= 0.3 is 0 Å². The van der Waals surface area contributed by atoms with Crippen LogP contribution >= 0.6 is 0 Å². The maximum absolute atomic E-state index is 12.9. The number of benzene rings is 2. The first-order valence-electron chi connectivity index (χ1n) is 6.15. The summed E-state index contributed by atoms with van der Waals surface area (Å²) in [5, 5.41) is 9.01. The Morgan fingerprint density at radius 3 is 2.38 bits per heavy atom. The average Bonchev–Trinajstić information content (AvgIpc) is 2.49. The first kappa shape index (κ1) is 15.2. The van der Waals surface area contributed by atoms with E-state index in [1.165, 1.54) is 43.4 Å². The van der Waals surface area contributed by atoms with Crippen LogP contribution in [0.15, 0.2) is 53.4 Å². The van der Waals surface area contributed by atoms with Crippen LogP contribution in [0, 0.1) is 17.1 Å². The highest BCUT2D eigenvalue weighted by Crippen LogP contribution is 2.20. The number of hydrogen-bond acceptors (Lipinski definition) is 3. The Bertz CT molecular complexity index is 780. The molecule has 0 aliphatic carbocycles. The Morgan fingerprint density at radius 2 is 1.76 bits per heavy atom. The Kier molecular flexibility index (Phi) is 4.36. The van der Waals surface area contributed by atoms with Gasteiger partial charge in [-0.15, -0.1) is 0 Å². The van der Waals surface area contributed by atoms with Gasteiger partial charge in [-0.2, -0.15) is 9.57 Å². The lowest BCUT2D eigenvalue weighted by atomic mass is 10.2. The molecule has 0 bridgehead atoms. The van der Waals surface area contributed by atoms with Crippen molar-refractivity contribution in [2.24, 2.45) is 0 Å². The third-order valence-electron chi connectivity index (χ3n) is 3.01. The molecule has 2 rings (SSSR count). The van der Waals surface area contributed by atoms with Crippen LogP contribution in [0.25, 0.3) is 0 Å². The van der Waals surface area contributed by atoms with Crippen molar-refractivity contribution in [3.05, 3.63) is 65.5 Å². The van der Waals surface area contributed by atoms with Crippen molar-refractivity contribution in [2.75, 3.05) is 7.05 Å². The van der Waals surface area contributed by atoms with Crippen molar-refractivity contribution in [1.29, 1.82) is 5.26 Å². The second-order valence-corrected chi connectivity index (χ2v) is 6.51. The molecule has 2 aromatic rings. The second kappa shape index (κ2) is 6.04. The predicted molar refractivity (Wildman–Crippen MR) is 76.2 cm³/mol. The zero-order valence-corrected chi connectivity index (χ0v) is 12.1. The zero-order chi connectivity index (χ0) is 15.5. The van der Waals surface area contributed by atoms with Gasteiger partial charge in [0.05, 0.1) is 10.5 Å². The van der Waals surface area contributed by atoms with Crippen LogP contribution in [0.5, 0.6) is 0 Å². The Labute approximate surface area is 123 Å². The monoisotopic (exact) mass is 304 g/mol. The van der Waals surface area contributed by atoms with Gasteiger partial charge in [-0.25, -0.2) is 12.8 Å². The summed E-state index contributed by atoms with van der Waals surface area (Å²) in [5.41, 5.74) is 0.764. The molecule has 0 heterocycles. The normalized spacial score (nSPS) is 11.3. The lowest BCUT2D eigenvalue weighted by Gasteiger charge is -2.18. The SMILES string of the molecule is CN(Cc1ccc(F)cc1)S(=O)(=O)c1ccccc1C#N. The van der Waals surface area contributed by atoms with E-state index in [0.717, 1.165) is 4.31 Å². The van der Waals surface area contributed by atoms with Crippen LogP contribution in [-0.2, 0) is 16.6 Å². The number of halogens is 1. The van der Waals surface area contributed by atoms with Crippen LogP contribution in [0.1, 0.15) is 11.1 Å². The molecule has 0 aliphatic heterocycles. The van der Waals surface area contributed by atoms with Gasteiger partial charge in [0, 0.05) is 13.6 Å². The quantitative estimate of drug-likeness (QED) is 0.872. The van der Waals surface area contributed by atoms with Crippen molar-refractivity contribution in [2.45, 2.75) is 11.4 Å². The van der Waals surface area contributed by atoms with E-state index < -0.39 is 10.0 Å².